The number of ether oxygens (including phenoxy) is 1. The van der Waals surface area contributed by atoms with Crippen molar-refractivity contribution in [1.29, 1.82) is 0 Å². The minimum Gasteiger partial charge on any atom is -0.462 e. The van der Waals surface area contributed by atoms with Gasteiger partial charge in [-0.25, -0.2) is 4.79 Å². The van der Waals surface area contributed by atoms with E-state index < -0.39 is 20.2 Å². The van der Waals surface area contributed by atoms with Crippen molar-refractivity contribution < 1.29 is 36.1 Å². The van der Waals surface area contributed by atoms with E-state index in [0.29, 0.717) is 44.5 Å². The van der Waals surface area contributed by atoms with Crippen molar-refractivity contribution in [3.63, 3.8) is 0 Å². The zero-order valence-electron chi connectivity index (χ0n) is 14.2. The lowest BCUT2D eigenvalue weighted by atomic mass is 10.4. The highest BCUT2D eigenvalue weighted by atomic mass is 32.2. The van der Waals surface area contributed by atoms with Crippen LogP contribution in [0.25, 0.3) is 0 Å². The normalized spacial score (nSPS) is 10.9. The molecule has 0 radical (unpaired) electrons. The van der Waals surface area contributed by atoms with Crippen molar-refractivity contribution >= 4 is 26.1 Å². The molecule has 0 heterocycles. The largest absolute Gasteiger partial charge is 0.501 e. The Labute approximate surface area is 141 Å². The smallest absolute Gasteiger partial charge is 0.462 e. The van der Waals surface area contributed by atoms with Crippen molar-refractivity contribution in [3.8, 4) is 0 Å². The third-order valence-corrected chi connectivity index (χ3v) is 5.45. The maximum atomic E-state index is 11.2. The Morgan fingerprint density at radius 1 is 1.09 bits per heavy atom. The third kappa shape index (κ3) is 14.7. The van der Waals surface area contributed by atoms with E-state index in [9.17, 15) is 4.79 Å². The molecule has 23 heavy (non-hydrogen) atoms. The Hall–Kier alpha value is -0.623. The lowest BCUT2D eigenvalue weighted by molar-refractivity contribution is -0.139. The average molecular weight is 373 g/mol. The summed E-state index contributed by atoms with van der Waals surface area (Å²) in [5.74, 6) is -0.364. The molecule has 0 rings (SSSR count). The summed E-state index contributed by atoms with van der Waals surface area (Å²) in [6, 6.07) is 0.645. The molecule has 0 bridgehead atoms. The van der Waals surface area contributed by atoms with Gasteiger partial charge >= 0.3 is 14.8 Å². The summed E-state index contributed by atoms with van der Waals surface area (Å²) in [5, 5.41) is 0. The zero-order valence-corrected chi connectivity index (χ0v) is 16.0. The second-order valence-corrected chi connectivity index (χ2v) is 7.43. The summed E-state index contributed by atoms with van der Waals surface area (Å²) >= 11 is -2.61. The molecule has 0 saturated heterocycles. The lowest BCUT2D eigenvalue weighted by Crippen LogP contribution is -2.46. The Kier molecular flexibility index (Phi) is 16.0. The minimum absolute atomic E-state index is 0.327. The van der Waals surface area contributed by atoms with Gasteiger partial charge in [0.25, 0.3) is 11.4 Å². The molecule has 0 aromatic rings. The van der Waals surface area contributed by atoms with Gasteiger partial charge in [-0.1, -0.05) is 6.58 Å². The van der Waals surface area contributed by atoms with Gasteiger partial charge in [-0.3, -0.25) is 9.11 Å². The Morgan fingerprint density at radius 3 is 1.78 bits per heavy atom. The molecule has 0 spiro atoms. The van der Waals surface area contributed by atoms with E-state index in [1.54, 1.807) is 6.92 Å². The fourth-order valence-corrected chi connectivity index (χ4v) is 4.16. The first kappa shape index (κ1) is 24.6. The molecule has 0 aromatic carbocycles. The molecule has 0 aromatic heterocycles. The number of hydrogen-bond acceptors (Lipinski definition) is 6. The van der Waals surface area contributed by atoms with Gasteiger partial charge in [0.2, 0.25) is 0 Å². The van der Waals surface area contributed by atoms with Crippen molar-refractivity contribution in [2.75, 3.05) is 26.4 Å². The summed E-state index contributed by atoms with van der Waals surface area (Å²) < 4.78 is 45.0. The molecule has 0 aliphatic heterocycles. The highest BCUT2D eigenvalue weighted by Gasteiger charge is 2.39. The van der Waals surface area contributed by atoms with Gasteiger partial charge in [0.05, 0.1) is 6.61 Å². The standard InChI is InChI=1S/C13H26O5Si.H2O3S/c1-6-16-19(17-7-2,18-8-3)11-9-10-15-13(14)12(4)5;1-4(2)3/h4,6-11H2,1-3,5H3;(H2,1,2,3). The monoisotopic (exact) mass is 372 g/mol. The number of carbonyl (C=O) groups is 1. The van der Waals surface area contributed by atoms with Crippen LogP contribution in [-0.4, -0.2) is 54.5 Å². The van der Waals surface area contributed by atoms with E-state index in [1.165, 1.54) is 0 Å². The van der Waals surface area contributed by atoms with Crippen LogP contribution in [0.1, 0.15) is 34.1 Å². The molecule has 8 nitrogen and oxygen atoms in total. The quantitative estimate of drug-likeness (QED) is 0.187. The second kappa shape index (κ2) is 14.9. The molecule has 0 aliphatic rings. The predicted molar refractivity (Wildman–Crippen MR) is 89.2 cm³/mol. The van der Waals surface area contributed by atoms with Gasteiger partial charge in [-0.05, 0) is 34.1 Å². The van der Waals surface area contributed by atoms with E-state index in [2.05, 4.69) is 6.58 Å². The van der Waals surface area contributed by atoms with Crippen LogP contribution in [0, 0.1) is 0 Å². The molecular weight excluding hydrogens is 344 g/mol. The van der Waals surface area contributed by atoms with Crippen molar-refractivity contribution in [3.05, 3.63) is 12.2 Å². The van der Waals surface area contributed by atoms with Crippen molar-refractivity contribution in [2.45, 2.75) is 40.2 Å². The molecule has 0 amide bonds. The lowest BCUT2D eigenvalue weighted by Gasteiger charge is -2.28. The van der Waals surface area contributed by atoms with Crippen LogP contribution in [-0.2, 0) is 34.2 Å². The maximum absolute atomic E-state index is 11.2. The Bertz CT molecular complexity index is 343. The van der Waals surface area contributed by atoms with Crippen LogP contribution < -0.4 is 0 Å². The molecular formula is C13H28O8SSi. The van der Waals surface area contributed by atoms with E-state index in [4.69, 9.17) is 31.3 Å². The molecule has 2 N–H and O–H groups in total. The summed E-state index contributed by atoms with van der Waals surface area (Å²) in [7, 11) is -2.61. The second-order valence-electron chi connectivity index (χ2n) is 4.23. The van der Waals surface area contributed by atoms with E-state index in [-0.39, 0.29) is 5.97 Å². The molecule has 0 atom stereocenters. The number of hydrogen-bond donors (Lipinski definition) is 2. The SMILES string of the molecule is C=C(C)C(=O)OCCC[Si](OCC)(OCC)OCC.O=S(O)O. The topological polar surface area (TPSA) is 112 Å². The maximum Gasteiger partial charge on any atom is 0.501 e. The van der Waals surface area contributed by atoms with Crippen molar-refractivity contribution in [1.82, 2.24) is 0 Å². The zero-order chi connectivity index (χ0) is 18.3. The summed E-state index contributed by atoms with van der Waals surface area (Å²) in [6.07, 6.45) is 0.658. The van der Waals surface area contributed by atoms with E-state index in [1.807, 2.05) is 20.8 Å². The van der Waals surface area contributed by atoms with Gasteiger partial charge in [-0.2, -0.15) is 4.21 Å². The molecule has 0 aliphatic carbocycles. The highest BCUT2D eigenvalue weighted by Crippen LogP contribution is 2.18. The first-order chi connectivity index (χ1) is 10.7. The Balaban J connectivity index is 0. The molecule has 0 unspecified atom stereocenters. The summed E-state index contributed by atoms with van der Waals surface area (Å²) in [5.41, 5.74) is 0.405. The van der Waals surface area contributed by atoms with Crippen LogP contribution in [0.4, 0.5) is 0 Å². The van der Waals surface area contributed by atoms with Gasteiger partial charge in [0.1, 0.15) is 0 Å². The summed E-state index contributed by atoms with van der Waals surface area (Å²) in [6.45, 7) is 12.9. The van der Waals surface area contributed by atoms with Crippen LogP contribution in [0.3, 0.4) is 0 Å². The molecule has 138 valence electrons. The highest BCUT2D eigenvalue weighted by molar-refractivity contribution is 7.73. The summed E-state index contributed by atoms with van der Waals surface area (Å²) in [4.78, 5) is 11.2. The molecule has 0 fully saturated rings. The van der Waals surface area contributed by atoms with Crippen LogP contribution >= 0.6 is 0 Å². The van der Waals surface area contributed by atoms with Crippen LogP contribution in [0.2, 0.25) is 6.04 Å². The number of rotatable bonds is 11. The van der Waals surface area contributed by atoms with Gasteiger partial charge in [0.15, 0.2) is 0 Å². The predicted octanol–water partition coefficient (Wildman–Crippen LogP) is 2.23. The van der Waals surface area contributed by atoms with Gasteiger partial charge < -0.3 is 18.0 Å². The minimum atomic E-state index is -2.61. The fourth-order valence-electron chi connectivity index (χ4n) is 1.58. The van der Waals surface area contributed by atoms with Crippen molar-refractivity contribution in [2.24, 2.45) is 0 Å². The third-order valence-electron chi connectivity index (χ3n) is 2.30. The fraction of sp³-hybridized carbons (Fsp3) is 0.769. The van der Waals surface area contributed by atoms with E-state index >= 15 is 0 Å². The van der Waals surface area contributed by atoms with Gasteiger partial charge in [-0.15, -0.1) is 0 Å². The average Bonchev–Trinajstić information content (AvgIpc) is 2.43. The van der Waals surface area contributed by atoms with Crippen LogP contribution in [0.5, 0.6) is 0 Å². The number of carbonyl (C=O) groups excluding carboxylic acids is 1. The molecule has 0 saturated carbocycles. The molecule has 10 heteroatoms. The van der Waals surface area contributed by atoms with E-state index in [0.717, 1.165) is 0 Å². The Morgan fingerprint density at radius 2 is 1.48 bits per heavy atom. The van der Waals surface area contributed by atoms with Gasteiger partial charge in [0, 0.05) is 31.4 Å². The first-order valence-electron chi connectivity index (χ1n) is 7.29. The van der Waals surface area contributed by atoms with Crippen LogP contribution in [0.15, 0.2) is 12.2 Å². The first-order valence-corrected chi connectivity index (χ1v) is 10.3. The number of esters is 1.